The van der Waals surface area contributed by atoms with Crippen LogP contribution in [0.1, 0.15) is 23.6 Å². The van der Waals surface area contributed by atoms with E-state index in [1.807, 2.05) is 6.07 Å². The van der Waals surface area contributed by atoms with Gasteiger partial charge in [0.25, 0.3) is 0 Å². The van der Waals surface area contributed by atoms with Gasteiger partial charge in [0.15, 0.2) is 0 Å². The molecule has 1 fully saturated rings. The van der Waals surface area contributed by atoms with E-state index >= 15 is 0 Å². The van der Waals surface area contributed by atoms with Crippen molar-refractivity contribution < 1.29 is 14.6 Å². The van der Waals surface area contributed by atoms with Gasteiger partial charge in [0.1, 0.15) is 0 Å². The molecule has 5 heteroatoms. The maximum atomic E-state index is 10.5. The molecule has 19 heavy (non-hydrogen) atoms. The molecule has 0 amide bonds. The van der Waals surface area contributed by atoms with Crippen molar-refractivity contribution in [3.05, 3.63) is 28.0 Å². The summed E-state index contributed by atoms with van der Waals surface area (Å²) in [7, 11) is 0. The number of nitrogens with zero attached hydrogens (tertiary/aromatic N) is 1. The summed E-state index contributed by atoms with van der Waals surface area (Å²) in [4.78, 5) is 15.1. The number of hydrogen-bond donors (Lipinski definition) is 1. The number of morpholine rings is 1. The molecule has 104 valence electrons. The first kappa shape index (κ1) is 14.2. The van der Waals surface area contributed by atoms with Crippen LogP contribution in [0.3, 0.4) is 0 Å². The molecule has 4 nitrogen and oxygen atoms in total. The lowest BCUT2D eigenvalue weighted by molar-refractivity contribution is -0.131. The van der Waals surface area contributed by atoms with E-state index in [-0.39, 0.29) is 5.60 Å². The second-order valence-electron chi connectivity index (χ2n) is 5.29. The van der Waals surface area contributed by atoms with Gasteiger partial charge in [-0.2, -0.15) is 0 Å². The molecule has 1 saturated heterocycles. The number of rotatable bonds is 4. The summed E-state index contributed by atoms with van der Waals surface area (Å²) in [5.41, 5.74) is -0.0818. The zero-order valence-electron chi connectivity index (χ0n) is 11.3. The van der Waals surface area contributed by atoms with Crippen molar-refractivity contribution in [2.75, 3.05) is 19.7 Å². The first-order valence-corrected chi connectivity index (χ1v) is 7.12. The van der Waals surface area contributed by atoms with E-state index in [0.29, 0.717) is 0 Å². The lowest BCUT2D eigenvalue weighted by atomic mass is 10.1. The van der Waals surface area contributed by atoms with Gasteiger partial charge >= 0.3 is 5.97 Å². The summed E-state index contributed by atoms with van der Waals surface area (Å²) in [5.74, 6) is -0.912. The minimum atomic E-state index is -0.912. The van der Waals surface area contributed by atoms with Crippen molar-refractivity contribution in [2.45, 2.75) is 26.0 Å². The number of carboxylic acid groups (broad SMARTS) is 1. The maximum absolute atomic E-state index is 10.5. The molecule has 0 atom stereocenters. The Hall–Kier alpha value is -1.17. The Morgan fingerprint density at radius 3 is 3.05 bits per heavy atom. The summed E-state index contributed by atoms with van der Waals surface area (Å²) in [6.07, 6.45) is 2.81. The molecule has 1 N–H and O–H groups in total. The van der Waals surface area contributed by atoms with Crippen LogP contribution in [0.5, 0.6) is 0 Å². The Morgan fingerprint density at radius 1 is 1.58 bits per heavy atom. The molecular weight excluding hydrogens is 262 g/mol. The van der Waals surface area contributed by atoms with E-state index in [1.165, 1.54) is 11.0 Å². The van der Waals surface area contributed by atoms with E-state index < -0.39 is 5.97 Å². The van der Waals surface area contributed by atoms with Crippen LogP contribution in [0, 0.1) is 0 Å². The van der Waals surface area contributed by atoms with E-state index in [1.54, 1.807) is 17.4 Å². The number of ether oxygens (including phenoxy) is 1. The number of thiophene rings is 1. The van der Waals surface area contributed by atoms with Gasteiger partial charge in [-0.15, -0.1) is 11.3 Å². The average Bonchev–Trinajstić information content (AvgIpc) is 2.73. The molecule has 0 unspecified atom stereocenters. The van der Waals surface area contributed by atoms with Crippen LogP contribution in [-0.4, -0.2) is 41.3 Å². The van der Waals surface area contributed by atoms with Crippen molar-refractivity contribution in [1.29, 1.82) is 0 Å². The standard InChI is InChI=1S/C14H19NO3S/c1-14(2)10-15(7-8-18-14)9-12-4-3-11(19-12)5-6-13(16)17/h3-6H,7-10H2,1-2H3,(H,16,17). The quantitative estimate of drug-likeness (QED) is 0.861. The Morgan fingerprint density at radius 2 is 2.37 bits per heavy atom. The molecule has 1 aromatic rings. The highest BCUT2D eigenvalue weighted by atomic mass is 32.1. The Bertz CT molecular complexity index is 479. The predicted molar refractivity (Wildman–Crippen MR) is 76.3 cm³/mol. The average molecular weight is 281 g/mol. The highest BCUT2D eigenvalue weighted by Crippen LogP contribution is 2.23. The van der Waals surface area contributed by atoms with Gasteiger partial charge < -0.3 is 9.84 Å². The summed E-state index contributed by atoms with van der Waals surface area (Å²) in [6.45, 7) is 7.75. The Kier molecular flexibility index (Phi) is 4.39. The van der Waals surface area contributed by atoms with Crippen molar-refractivity contribution >= 4 is 23.4 Å². The maximum Gasteiger partial charge on any atom is 0.328 e. The third kappa shape index (κ3) is 4.45. The number of aliphatic carboxylic acids is 1. The monoisotopic (exact) mass is 281 g/mol. The van der Waals surface area contributed by atoms with Gasteiger partial charge in [0.2, 0.25) is 0 Å². The summed E-state index contributed by atoms with van der Waals surface area (Å²) >= 11 is 1.64. The predicted octanol–water partition coefficient (Wildman–Crippen LogP) is 2.46. The van der Waals surface area contributed by atoms with Gasteiger partial charge in [-0.3, -0.25) is 4.90 Å². The molecule has 0 spiro atoms. The summed E-state index contributed by atoms with van der Waals surface area (Å²) < 4.78 is 5.69. The van der Waals surface area contributed by atoms with Crippen molar-refractivity contribution in [2.24, 2.45) is 0 Å². The second-order valence-corrected chi connectivity index (χ2v) is 6.49. The van der Waals surface area contributed by atoms with Gasteiger partial charge in [0, 0.05) is 35.5 Å². The second kappa shape index (κ2) is 5.86. The molecule has 0 radical (unpaired) electrons. The number of carbonyl (C=O) groups is 1. The first-order valence-electron chi connectivity index (χ1n) is 6.31. The van der Waals surface area contributed by atoms with Crippen LogP contribution in [0.4, 0.5) is 0 Å². The minimum Gasteiger partial charge on any atom is -0.478 e. The van der Waals surface area contributed by atoms with Crippen LogP contribution in [0.15, 0.2) is 18.2 Å². The molecule has 0 saturated carbocycles. The highest BCUT2D eigenvalue weighted by molar-refractivity contribution is 7.12. The molecule has 0 aromatic carbocycles. The highest BCUT2D eigenvalue weighted by Gasteiger charge is 2.27. The van der Waals surface area contributed by atoms with Gasteiger partial charge in [-0.1, -0.05) is 0 Å². The molecular formula is C14H19NO3S. The topological polar surface area (TPSA) is 49.8 Å². The Labute approximate surface area is 117 Å². The van der Waals surface area contributed by atoms with Crippen LogP contribution in [0.2, 0.25) is 0 Å². The SMILES string of the molecule is CC1(C)CN(Cc2ccc(C=CC(=O)O)s2)CCO1. The van der Waals surface area contributed by atoms with Gasteiger partial charge in [-0.05, 0) is 32.1 Å². The van der Waals surface area contributed by atoms with E-state index in [0.717, 1.165) is 31.1 Å². The van der Waals surface area contributed by atoms with Crippen molar-refractivity contribution in [1.82, 2.24) is 4.90 Å². The van der Waals surface area contributed by atoms with Crippen LogP contribution < -0.4 is 0 Å². The normalized spacial score (nSPS) is 19.9. The largest absolute Gasteiger partial charge is 0.478 e. The molecule has 0 aliphatic carbocycles. The lowest BCUT2D eigenvalue weighted by Crippen LogP contribution is -2.47. The fraction of sp³-hybridized carbons (Fsp3) is 0.500. The Balaban J connectivity index is 1.94. The molecule has 1 aliphatic heterocycles. The molecule has 0 bridgehead atoms. The third-order valence-corrected chi connectivity index (χ3v) is 3.99. The first-order chi connectivity index (χ1) is 8.94. The van der Waals surface area contributed by atoms with Crippen molar-refractivity contribution in [3.63, 3.8) is 0 Å². The zero-order valence-corrected chi connectivity index (χ0v) is 12.1. The van der Waals surface area contributed by atoms with E-state index in [9.17, 15) is 4.79 Å². The lowest BCUT2D eigenvalue weighted by Gasteiger charge is -2.37. The number of carboxylic acids is 1. The molecule has 1 aliphatic rings. The summed E-state index contributed by atoms with van der Waals surface area (Å²) in [5, 5.41) is 8.60. The third-order valence-electron chi connectivity index (χ3n) is 2.96. The fourth-order valence-electron chi connectivity index (χ4n) is 2.19. The molecule has 1 aromatic heterocycles. The fourth-order valence-corrected chi connectivity index (χ4v) is 3.15. The van der Waals surface area contributed by atoms with Crippen LogP contribution in [-0.2, 0) is 16.1 Å². The minimum absolute atomic E-state index is 0.0818. The molecule has 2 rings (SSSR count). The number of hydrogen-bond acceptors (Lipinski definition) is 4. The smallest absolute Gasteiger partial charge is 0.328 e. The van der Waals surface area contributed by atoms with E-state index in [2.05, 4.69) is 24.8 Å². The van der Waals surface area contributed by atoms with Crippen LogP contribution >= 0.6 is 11.3 Å². The van der Waals surface area contributed by atoms with Crippen LogP contribution in [0.25, 0.3) is 6.08 Å². The summed E-state index contributed by atoms with van der Waals surface area (Å²) in [6, 6.07) is 4.03. The van der Waals surface area contributed by atoms with Crippen molar-refractivity contribution in [3.8, 4) is 0 Å². The zero-order chi connectivity index (χ0) is 13.9. The molecule has 2 heterocycles. The van der Waals surface area contributed by atoms with Gasteiger partial charge in [-0.25, -0.2) is 4.79 Å². The van der Waals surface area contributed by atoms with Gasteiger partial charge in [0.05, 0.1) is 12.2 Å². The van der Waals surface area contributed by atoms with E-state index in [4.69, 9.17) is 9.84 Å².